The first-order valence-electron chi connectivity index (χ1n) is 9.61. The lowest BCUT2D eigenvalue weighted by atomic mass is 10.1. The highest BCUT2D eigenvalue weighted by Gasteiger charge is 2.10. The molecule has 6 heteroatoms. The van der Waals surface area contributed by atoms with Crippen molar-refractivity contribution in [2.45, 2.75) is 39.7 Å². The quantitative estimate of drug-likeness (QED) is 0.342. The molecule has 0 saturated carbocycles. The Morgan fingerprint density at radius 3 is 2.36 bits per heavy atom. The summed E-state index contributed by atoms with van der Waals surface area (Å²) in [6.07, 6.45) is 2.18. The van der Waals surface area contributed by atoms with E-state index in [1.165, 1.54) is 0 Å². The fourth-order valence-corrected chi connectivity index (χ4v) is 3.38. The van der Waals surface area contributed by atoms with Crippen LogP contribution in [0.5, 0.6) is 0 Å². The first-order valence-corrected chi connectivity index (χ1v) is 10.4. The summed E-state index contributed by atoms with van der Waals surface area (Å²) in [6.45, 7) is 9.89. The molecule has 0 saturated heterocycles. The van der Waals surface area contributed by atoms with Gasteiger partial charge in [-0.05, 0) is 57.6 Å². The minimum atomic E-state index is 0. The lowest BCUT2D eigenvalue weighted by Gasteiger charge is -2.19. The summed E-state index contributed by atoms with van der Waals surface area (Å²) in [6, 6.07) is 15.8. The molecule has 1 atom stereocenters. The number of hydrogen-bond acceptors (Lipinski definition) is 2. The van der Waals surface area contributed by atoms with Gasteiger partial charge in [-0.15, -0.1) is 12.4 Å². The molecule has 28 heavy (non-hydrogen) atoms. The molecule has 0 fully saturated rings. The van der Waals surface area contributed by atoms with Crippen molar-refractivity contribution in [2.75, 3.05) is 25.0 Å². The highest BCUT2D eigenvalue weighted by Crippen LogP contribution is 2.26. The Hall–Kier alpha value is -1.26. The molecular weight excluding hydrogens is 413 g/mol. The van der Waals surface area contributed by atoms with E-state index in [1.807, 2.05) is 30.3 Å². The molecule has 1 unspecified atom stereocenters. The summed E-state index contributed by atoms with van der Waals surface area (Å²) in [7, 11) is 0. The molecule has 2 aromatic carbocycles. The number of halogens is 3. The minimum Gasteiger partial charge on any atom is -0.339 e. The lowest BCUT2D eigenvalue weighted by molar-refractivity contribution is 0.294. The fourth-order valence-electron chi connectivity index (χ4n) is 2.93. The number of nitrogens with one attached hydrogen (secondary N) is 1. The topological polar surface area (TPSA) is 27.6 Å². The monoisotopic (exact) mass is 441 g/mol. The fraction of sp³-hybridized carbons (Fsp3) is 0.409. The molecule has 2 rings (SSSR count). The Balaban J connectivity index is 0.00000392. The highest BCUT2D eigenvalue weighted by molar-refractivity contribution is 6.36. The van der Waals surface area contributed by atoms with Crippen molar-refractivity contribution in [3.05, 3.63) is 64.1 Å². The molecule has 0 amide bonds. The largest absolute Gasteiger partial charge is 0.339 e. The third-order valence-electron chi connectivity index (χ3n) is 4.57. The molecular formula is C22H30Cl3N3. The molecule has 0 aliphatic heterocycles. The zero-order valence-electron chi connectivity index (χ0n) is 16.8. The Kier molecular flexibility index (Phi) is 11.6. The zero-order chi connectivity index (χ0) is 19.6. The van der Waals surface area contributed by atoms with Crippen molar-refractivity contribution >= 4 is 47.1 Å². The average molecular weight is 443 g/mol. The highest BCUT2D eigenvalue weighted by atomic mass is 35.5. The number of benzene rings is 2. The van der Waals surface area contributed by atoms with Crippen LogP contribution >= 0.6 is 35.6 Å². The molecule has 0 heterocycles. The molecule has 0 aromatic heterocycles. The lowest BCUT2D eigenvalue weighted by Crippen LogP contribution is -2.24. The summed E-state index contributed by atoms with van der Waals surface area (Å²) in [5.41, 5.74) is 1.85. The van der Waals surface area contributed by atoms with Crippen LogP contribution in [0.25, 0.3) is 0 Å². The van der Waals surface area contributed by atoms with Gasteiger partial charge in [0.05, 0.1) is 10.7 Å². The summed E-state index contributed by atoms with van der Waals surface area (Å²) < 4.78 is 0. The Labute approximate surface area is 185 Å². The molecule has 0 aliphatic carbocycles. The van der Waals surface area contributed by atoms with Gasteiger partial charge in [-0.25, -0.2) is 0 Å². The molecule has 0 spiro atoms. The van der Waals surface area contributed by atoms with Crippen LogP contribution in [0.1, 0.15) is 39.2 Å². The van der Waals surface area contributed by atoms with Crippen LogP contribution in [0.2, 0.25) is 10.0 Å². The third kappa shape index (κ3) is 8.00. The van der Waals surface area contributed by atoms with Crippen LogP contribution in [-0.2, 0) is 0 Å². The van der Waals surface area contributed by atoms with Gasteiger partial charge < -0.3 is 10.2 Å². The third-order valence-corrected chi connectivity index (χ3v) is 5.12. The van der Waals surface area contributed by atoms with Crippen molar-refractivity contribution in [3.63, 3.8) is 0 Å². The van der Waals surface area contributed by atoms with Crippen LogP contribution in [0.4, 0.5) is 5.69 Å². The van der Waals surface area contributed by atoms with Crippen molar-refractivity contribution in [1.82, 2.24) is 4.90 Å². The number of anilines is 1. The van der Waals surface area contributed by atoms with Crippen LogP contribution in [0, 0.1) is 0 Å². The van der Waals surface area contributed by atoms with Gasteiger partial charge in [-0.3, -0.25) is 4.99 Å². The standard InChI is InChI=1S/C22H29Cl2N3.ClH/c1-4-27(5-2)15-9-10-17(3)25-22(18-11-7-6-8-12-18)26-21-14-13-19(23)16-20(21)24;/h6-8,11-14,16-17H,4-5,9-10,15H2,1-3H3,(H,25,26);1H. The maximum absolute atomic E-state index is 6.34. The number of nitrogens with zero attached hydrogens (tertiary/aromatic N) is 2. The normalized spacial score (nSPS) is 12.6. The van der Waals surface area contributed by atoms with E-state index in [-0.39, 0.29) is 18.4 Å². The molecule has 2 aromatic rings. The zero-order valence-corrected chi connectivity index (χ0v) is 19.1. The molecule has 0 radical (unpaired) electrons. The van der Waals surface area contributed by atoms with E-state index in [1.54, 1.807) is 6.07 Å². The van der Waals surface area contributed by atoms with E-state index < -0.39 is 0 Å². The predicted octanol–water partition coefficient (Wildman–Crippen LogP) is 6.78. The maximum Gasteiger partial charge on any atom is 0.133 e. The van der Waals surface area contributed by atoms with E-state index in [0.717, 1.165) is 49.6 Å². The Morgan fingerprint density at radius 2 is 1.75 bits per heavy atom. The maximum atomic E-state index is 6.34. The Morgan fingerprint density at radius 1 is 1.07 bits per heavy atom. The first-order chi connectivity index (χ1) is 13.0. The van der Waals surface area contributed by atoms with Gasteiger partial charge in [0.25, 0.3) is 0 Å². The first kappa shape index (κ1) is 24.8. The van der Waals surface area contributed by atoms with Crippen molar-refractivity contribution in [2.24, 2.45) is 4.99 Å². The number of rotatable bonds is 9. The summed E-state index contributed by atoms with van der Waals surface area (Å²) in [4.78, 5) is 7.39. The number of aliphatic imine (C=N–C) groups is 1. The predicted molar refractivity (Wildman–Crippen MR) is 127 cm³/mol. The Bertz CT molecular complexity index is 731. The van der Waals surface area contributed by atoms with Gasteiger partial charge in [-0.2, -0.15) is 0 Å². The van der Waals surface area contributed by atoms with Gasteiger partial charge >= 0.3 is 0 Å². The van der Waals surface area contributed by atoms with Gasteiger partial charge in [0.2, 0.25) is 0 Å². The van der Waals surface area contributed by atoms with Gasteiger partial charge in [0.1, 0.15) is 5.84 Å². The second kappa shape index (κ2) is 13.1. The van der Waals surface area contributed by atoms with Gasteiger partial charge in [0, 0.05) is 16.6 Å². The van der Waals surface area contributed by atoms with E-state index >= 15 is 0 Å². The van der Waals surface area contributed by atoms with Crippen molar-refractivity contribution in [1.29, 1.82) is 0 Å². The van der Waals surface area contributed by atoms with E-state index in [0.29, 0.717) is 10.0 Å². The smallest absolute Gasteiger partial charge is 0.133 e. The number of amidine groups is 1. The second-order valence-electron chi connectivity index (χ2n) is 6.61. The van der Waals surface area contributed by atoms with Gasteiger partial charge in [0.15, 0.2) is 0 Å². The van der Waals surface area contributed by atoms with Crippen molar-refractivity contribution < 1.29 is 0 Å². The van der Waals surface area contributed by atoms with Crippen LogP contribution in [0.3, 0.4) is 0 Å². The summed E-state index contributed by atoms with van der Waals surface area (Å²) in [5, 5.41) is 4.59. The SMILES string of the molecule is CCN(CC)CCCC(C)N=C(Nc1ccc(Cl)cc1Cl)c1ccccc1.Cl. The van der Waals surface area contributed by atoms with E-state index in [2.05, 4.69) is 43.1 Å². The second-order valence-corrected chi connectivity index (χ2v) is 7.45. The number of hydrogen-bond donors (Lipinski definition) is 1. The van der Waals surface area contributed by atoms with E-state index in [4.69, 9.17) is 28.2 Å². The minimum absolute atomic E-state index is 0. The molecule has 154 valence electrons. The van der Waals surface area contributed by atoms with E-state index in [9.17, 15) is 0 Å². The van der Waals surface area contributed by atoms with Crippen LogP contribution in [-0.4, -0.2) is 36.4 Å². The van der Waals surface area contributed by atoms with Crippen molar-refractivity contribution in [3.8, 4) is 0 Å². The molecule has 1 N–H and O–H groups in total. The molecule has 3 nitrogen and oxygen atoms in total. The summed E-state index contributed by atoms with van der Waals surface area (Å²) in [5.74, 6) is 0.829. The summed E-state index contributed by atoms with van der Waals surface area (Å²) >= 11 is 12.4. The van der Waals surface area contributed by atoms with Crippen LogP contribution < -0.4 is 5.32 Å². The molecule has 0 aliphatic rings. The van der Waals surface area contributed by atoms with Gasteiger partial charge in [-0.1, -0.05) is 67.4 Å². The van der Waals surface area contributed by atoms with Crippen LogP contribution in [0.15, 0.2) is 53.5 Å². The molecule has 0 bridgehead atoms. The average Bonchev–Trinajstić information content (AvgIpc) is 2.67.